The molecule has 3 N–H and O–H groups in total. The molecule has 0 aliphatic carbocycles. The first kappa shape index (κ1) is 15.2. The van der Waals surface area contributed by atoms with Gasteiger partial charge in [-0.1, -0.05) is 37.6 Å². The molecule has 102 valence electrons. The lowest BCUT2D eigenvalue weighted by Crippen LogP contribution is -2.41. The second-order valence-corrected chi connectivity index (χ2v) is 5.17. The molecule has 0 radical (unpaired) electrons. The molecule has 0 fully saturated rings. The van der Waals surface area contributed by atoms with Crippen LogP contribution in [0, 0.1) is 19.8 Å². The van der Waals surface area contributed by atoms with Crippen LogP contribution in [0.3, 0.4) is 0 Å². The molecule has 0 saturated heterocycles. The van der Waals surface area contributed by atoms with E-state index in [0.29, 0.717) is 12.5 Å². The van der Waals surface area contributed by atoms with Gasteiger partial charge in [-0.2, -0.15) is 0 Å². The molecule has 0 spiro atoms. The van der Waals surface area contributed by atoms with Crippen molar-refractivity contribution in [2.75, 3.05) is 6.61 Å². The third-order valence-corrected chi connectivity index (χ3v) is 3.28. The quantitative estimate of drug-likeness (QED) is 0.603. The lowest BCUT2D eigenvalue weighted by Gasteiger charge is -2.31. The van der Waals surface area contributed by atoms with E-state index < -0.39 is 0 Å². The average Bonchev–Trinajstić information content (AvgIpc) is 2.31. The summed E-state index contributed by atoms with van der Waals surface area (Å²) in [6.07, 6.45) is 0.0846. The molecule has 0 aliphatic rings. The fraction of sp³-hybridized carbons (Fsp3) is 0.600. The Morgan fingerprint density at radius 2 is 1.94 bits per heavy atom. The minimum absolute atomic E-state index is 0.0329. The van der Waals surface area contributed by atoms with Gasteiger partial charge in [-0.05, 0) is 37.8 Å². The Balaban J connectivity index is 3.06. The highest BCUT2D eigenvalue weighted by Crippen LogP contribution is 2.27. The second-order valence-electron chi connectivity index (χ2n) is 5.17. The van der Waals surface area contributed by atoms with Crippen LogP contribution < -0.4 is 11.3 Å². The molecule has 0 bridgehead atoms. The Morgan fingerprint density at radius 3 is 2.39 bits per heavy atom. The summed E-state index contributed by atoms with van der Waals surface area (Å²) in [5.41, 5.74) is 6.66. The topological polar surface area (TPSA) is 47.3 Å². The smallest absolute Gasteiger partial charge is 0.0805 e. The van der Waals surface area contributed by atoms with E-state index in [-0.39, 0.29) is 12.1 Å². The van der Waals surface area contributed by atoms with Crippen LogP contribution in [0.25, 0.3) is 0 Å². The van der Waals surface area contributed by atoms with E-state index in [4.69, 9.17) is 10.6 Å². The van der Waals surface area contributed by atoms with Gasteiger partial charge in [0.1, 0.15) is 0 Å². The Morgan fingerprint density at radius 1 is 1.28 bits per heavy atom. The van der Waals surface area contributed by atoms with Crippen LogP contribution in [0.4, 0.5) is 0 Å². The van der Waals surface area contributed by atoms with Crippen LogP contribution in [0.1, 0.15) is 43.5 Å². The minimum atomic E-state index is 0.0329. The number of aryl methyl sites for hydroxylation is 2. The van der Waals surface area contributed by atoms with Gasteiger partial charge in [-0.25, -0.2) is 0 Å². The Kier molecular flexibility index (Phi) is 5.79. The Labute approximate surface area is 111 Å². The molecule has 0 saturated carbocycles. The molecule has 0 aromatic heterocycles. The van der Waals surface area contributed by atoms with Crippen molar-refractivity contribution >= 4 is 0 Å². The van der Waals surface area contributed by atoms with E-state index in [1.165, 1.54) is 16.7 Å². The molecule has 0 amide bonds. The minimum Gasteiger partial charge on any atom is -0.376 e. The van der Waals surface area contributed by atoms with Crippen LogP contribution in [-0.2, 0) is 4.74 Å². The second kappa shape index (κ2) is 6.88. The molecule has 2 unspecified atom stereocenters. The maximum absolute atomic E-state index is 5.85. The largest absolute Gasteiger partial charge is 0.376 e. The van der Waals surface area contributed by atoms with Gasteiger partial charge >= 0.3 is 0 Å². The standard InChI is InChI=1S/C15H26N2O/c1-6-18-15(10(2)3)14(17-16)13-8-7-11(4)9-12(13)5/h7-10,14-15,17H,6,16H2,1-5H3. The summed E-state index contributed by atoms with van der Waals surface area (Å²) in [5.74, 6) is 6.16. The zero-order valence-corrected chi connectivity index (χ0v) is 12.2. The molecule has 0 aliphatic heterocycles. The maximum Gasteiger partial charge on any atom is 0.0805 e. The van der Waals surface area contributed by atoms with Crippen LogP contribution in [0.2, 0.25) is 0 Å². The predicted octanol–water partition coefficient (Wildman–Crippen LogP) is 2.87. The number of ether oxygens (including phenoxy) is 1. The van der Waals surface area contributed by atoms with Crippen LogP contribution in [0.5, 0.6) is 0 Å². The third-order valence-electron chi connectivity index (χ3n) is 3.28. The monoisotopic (exact) mass is 250 g/mol. The number of rotatable bonds is 6. The molecule has 3 nitrogen and oxygen atoms in total. The van der Waals surface area contributed by atoms with E-state index in [2.05, 4.69) is 51.3 Å². The van der Waals surface area contributed by atoms with E-state index in [0.717, 1.165) is 0 Å². The van der Waals surface area contributed by atoms with Crippen molar-refractivity contribution in [3.05, 3.63) is 34.9 Å². The maximum atomic E-state index is 5.85. The molecule has 1 aromatic carbocycles. The van der Waals surface area contributed by atoms with Crippen molar-refractivity contribution in [2.45, 2.75) is 46.8 Å². The van der Waals surface area contributed by atoms with Crippen molar-refractivity contribution < 1.29 is 4.74 Å². The molecule has 3 heteroatoms. The summed E-state index contributed by atoms with van der Waals surface area (Å²) in [6.45, 7) is 11.3. The highest BCUT2D eigenvalue weighted by atomic mass is 16.5. The third kappa shape index (κ3) is 3.55. The van der Waals surface area contributed by atoms with Crippen LogP contribution >= 0.6 is 0 Å². The van der Waals surface area contributed by atoms with E-state index in [1.54, 1.807) is 0 Å². The highest BCUT2D eigenvalue weighted by Gasteiger charge is 2.26. The van der Waals surface area contributed by atoms with Crippen molar-refractivity contribution in [3.8, 4) is 0 Å². The zero-order chi connectivity index (χ0) is 13.7. The highest BCUT2D eigenvalue weighted by molar-refractivity contribution is 5.33. The van der Waals surface area contributed by atoms with Crippen molar-refractivity contribution in [2.24, 2.45) is 11.8 Å². The summed E-state index contributed by atoms with van der Waals surface area (Å²) in [6, 6.07) is 6.48. The van der Waals surface area contributed by atoms with Gasteiger partial charge in [0.25, 0.3) is 0 Å². The van der Waals surface area contributed by atoms with E-state index >= 15 is 0 Å². The van der Waals surface area contributed by atoms with Crippen LogP contribution in [0.15, 0.2) is 18.2 Å². The summed E-state index contributed by atoms with van der Waals surface area (Å²) >= 11 is 0. The first-order chi connectivity index (χ1) is 8.51. The van der Waals surface area contributed by atoms with Crippen LogP contribution in [-0.4, -0.2) is 12.7 Å². The van der Waals surface area contributed by atoms with Gasteiger partial charge in [0.15, 0.2) is 0 Å². The molecule has 0 heterocycles. The Hall–Kier alpha value is -0.900. The van der Waals surface area contributed by atoms with Gasteiger partial charge in [-0.15, -0.1) is 0 Å². The van der Waals surface area contributed by atoms with E-state index in [9.17, 15) is 0 Å². The Bertz CT molecular complexity index is 377. The molecule has 18 heavy (non-hydrogen) atoms. The van der Waals surface area contributed by atoms with Crippen molar-refractivity contribution in [1.82, 2.24) is 5.43 Å². The summed E-state index contributed by atoms with van der Waals surface area (Å²) in [4.78, 5) is 0. The summed E-state index contributed by atoms with van der Waals surface area (Å²) in [7, 11) is 0. The van der Waals surface area contributed by atoms with Gasteiger partial charge < -0.3 is 4.74 Å². The van der Waals surface area contributed by atoms with E-state index in [1.807, 2.05) is 6.92 Å². The summed E-state index contributed by atoms with van der Waals surface area (Å²) < 4.78 is 5.85. The lowest BCUT2D eigenvalue weighted by molar-refractivity contribution is 0.00262. The van der Waals surface area contributed by atoms with Gasteiger partial charge in [0.2, 0.25) is 0 Å². The average molecular weight is 250 g/mol. The molecule has 1 rings (SSSR count). The normalized spacial score (nSPS) is 14.8. The van der Waals surface area contributed by atoms with Crippen molar-refractivity contribution in [3.63, 3.8) is 0 Å². The van der Waals surface area contributed by atoms with Crippen molar-refractivity contribution in [1.29, 1.82) is 0 Å². The first-order valence-corrected chi connectivity index (χ1v) is 6.66. The fourth-order valence-corrected chi connectivity index (χ4v) is 2.40. The molecule has 2 atom stereocenters. The number of hydrogen-bond donors (Lipinski definition) is 2. The zero-order valence-electron chi connectivity index (χ0n) is 12.2. The molecule has 1 aromatic rings. The number of nitrogens with two attached hydrogens (primary N) is 1. The number of hydrogen-bond acceptors (Lipinski definition) is 3. The lowest BCUT2D eigenvalue weighted by atomic mass is 9.90. The summed E-state index contributed by atoms with van der Waals surface area (Å²) in [5, 5.41) is 0. The molecular weight excluding hydrogens is 224 g/mol. The fourth-order valence-electron chi connectivity index (χ4n) is 2.40. The SMILES string of the molecule is CCOC(C(C)C)C(NN)c1ccc(C)cc1C. The molecular formula is C15H26N2O. The van der Waals surface area contributed by atoms with Gasteiger partial charge in [0.05, 0.1) is 12.1 Å². The van der Waals surface area contributed by atoms with Gasteiger partial charge in [-0.3, -0.25) is 11.3 Å². The first-order valence-electron chi connectivity index (χ1n) is 6.66. The predicted molar refractivity (Wildman–Crippen MR) is 76.2 cm³/mol. The number of nitrogens with one attached hydrogen (secondary N) is 1. The van der Waals surface area contributed by atoms with Gasteiger partial charge in [0, 0.05) is 6.61 Å². The number of benzene rings is 1. The number of hydrazine groups is 1.